The molecule has 1 fully saturated rings. The molecule has 2 amide bonds. The number of carbonyl (C=O) groups is 2. The summed E-state index contributed by atoms with van der Waals surface area (Å²) in [5, 5.41) is 5.24. The molecule has 0 bridgehead atoms. The lowest BCUT2D eigenvalue weighted by Crippen LogP contribution is -2.35. The van der Waals surface area contributed by atoms with E-state index in [-0.39, 0.29) is 47.9 Å². The zero-order chi connectivity index (χ0) is 20.7. The van der Waals surface area contributed by atoms with Crippen LogP contribution >= 0.6 is 0 Å². The van der Waals surface area contributed by atoms with Gasteiger partial charge in [0.2, 0.25) is 10.0 Å². The molecule has 0 radical (unpaired) electrons. The van der Waals surface area contributed by atoms with Crippen LogP contribution in [0.4, 0.5) is 0 Å². The Kier molecular flexibility index (Phi) is 7.02. The van der Waals surface area contributed by atoms with Gasteiger partial charge in [0.1, 0.15) is 0 Å². The quantitative estimate of drug-likeness (QED) is 0.516. The lowest BCUT2D eigenvalue weighted by Gasteiger charge is -2.12. The third-order valence-corrected chi connectivity index (χ3v) is 5.79. The third kappa shape index (κ3) is 5.89. The van der Waals surface area contributed by atoms with Crippen LogP contribution in [-0.2, 0) is 14.8 Å². The number of ether oxygens (including phenoxy) is 1. The monoisotopic (exact) mass is 421 g/mol. The van der Waals surface area contributed by atoms with Gasteiger partial charge >= 0.3 is 0 Å². The first-order valence-corrected chi connectivity index (χ1v) is 10.8. The number of furan rings is 1. The van der Waals surface area contributed by atoms with Crippen LogP contribution in [-0.4, -0.2) is 52.6 Å². The number of nitrogens with one attached hydrogen (secondary N) is 3. The van der Waals surface area contributed by atoms with Gasteiger partial charge in [0.15, 0.2) is 5.76 Å². The Bertz CT molecular complexity index is 937. The zero-order valence-corrected chi connectivity index (χ0v) is 16.5. The van der Waals surface area contributed by atoms with Crippen molar-refractivity contribution in [3.63, 3.8) is 0 Å². The summed E-state index contributed by atoms with van der Waals surface area (Å²) in [6, 6.07) is 8.91. The maximum Gasteiger partial charge on any atom is 0.287 e. The number of amides is 2. The van der Waals surface area contributed by atoms with Gasteiger partial charge in [0.25, 0.3) is 11.8 Å². The minimum absolute atomic E-state index is 0.00858. The molecule has 156 valence electrons. The Morgan fingerprint density at radius 1 is 1.07 bits per heavy atom. The van der Waals surface area contributed by atoms with Gasteiger partial charge in [-0.1, -0.05) is 6.07 Å². The topological polar surface area (TPSA) is 127 Å². The first-order chi connectivity index (χ1) is 14.0. The van der Waals surface area contributed by atoms with Crippen molar-refractivity contribution >= 4 is 21.8 Å². The summed E-state index contributed by atoms with van der Waals surface area (Å²) in [4.78, 5) is 24.0. The maximum atomic E-state index is 12.5. The van der Waals surface area contributed by atoms with Gasteiger partial charge in [-0.05, 0) is 43.2 Å². The van der Waals surface area contributed by atoms with Gasteiger partial charge in [-0.25, -0.2) is 13.1 Å². The Balaban J connectivity index is 1.49. The summed E-state index contributed by atoms with van der Waals surface area (Å²) in [5.41, 5.74) is 0.211. The summed E-state index contributed by atoms with van der Waals surface area (Å²) >= 11 is 0. The molecule has 2 aromatic rings. The molecular formula is C19H23N3O6S. The van der Waals surface area contributed by atoms with E-state index < -0.39 is 15.9 Å². The fourth-order valence-electron chi connectivity index (χ4n) is 2.84. The number of benzene rings is 1. The normalized spacial score (nSPS) is 16.5. The summed E-state index contributed by atoms with van der Waals surface area (Å²) < 4.78 is 37.8. The highest BCUT2D eigenvalue weighted by Crippen LogP contribution is 2.14. The van der Waals surface area contributed by atoms with Gasteiger partial charge in [-0.3, -0.25) is 9.59 Å². The first-order valence-electron chi connectivity index (χ1n) is 9.27. The molecule has 10 heteroatoms. The van der Waals surface area contributed by atoms with E-state index in [4.69, 9.17) is 9.15 Å². The van der Waals surface area contributed by atoms with Gasteiger partial charge in [0.05, 0.1) is 17.3 Å². The molecular weight excluding hydrogens is 398 g/mol. The second-order valence-corrected chi connectivity index (χ2v) is 8.27. The molecule has 1 unspecified atom stereocenters. The van der Waals surface area contributed by atoms with Crippen LogP contribution in [0.5, 0.6) is 0 Å². The van der Waals surface area contributed by atoms with Gasteiger partial charge < -0.3 is 19.8 Å². The van der Waals surface area contributed by atoms with Gasteiger partial charge in [0, 0.05) is 31.8 Å². The van der Waals surface area contributed by atoms with Crippen molar-refractivity contribution in [1.29, 1.82) is 0 Å². The molecule has 1 atom stereocenters. The summed E-state index contributed by atoms with van der Waals surface area (Å²) in [6.45, 7) is 1.23. The summed E-state index contributed by atoms with van der Waals surface area (Å²) in [7, 11) is -3.74. The number of carbonyl (C=O) groups excluding carboxylic acids is 2. The van der Waals surface area contributed by atoms with Gasteiger partial charge in [-0.15, -0.1) is 0 Å². The van der Waals surface area contributed by atoms with Crippen molar-refractivity contribution in [2.45, 2.75) is 23.8 Å². The van der Waals surface area contributed by atoms with Crippen LogP contribution in [0.25, 0.3) is 0 Å². The second-order valence-electron chi connectivity index (χ2n) is 6.50. The van der Waals surface area contributed by atoms with E-state index in [1.54, 1.807) is 6.07 Å². The highest BCUT2D eigenvalue weighted by atomic mass is 32.2. The Morgan fingerprint density at radius 3 is 2.55 bits per heavy atom. The van der Waals surface area contributed by atoms with Crippen molar-refractivity contribution in [2.75, 3.05) is 26.2 Å². The molecule has 29 heavy (non-hydrogen) atoms. The van der Waals surface area contributed by atoms with E-state index in [1.807, 2.05) is 0 Å². The smallest absolute Gasteiger partial charge is 0.287 e. The molecule has 1 aliphatic rings. The van der Waals surface area contributed by atoms with Crippen molar-refractivity contribution in [2.24, 2.45) is 0 Å². The van der Waals surface area contributed by atoms with Crippen LogP contribution in [0.15, 0.2) is 52.0 Å². The number of rotatable bonds is 9. The molecule has 0 saturated carbocycles. The molecule has 3 N–H and O–H groups in total. The van der Waals surface area contributed by atoms with E-state index in [1.165, 1.54) is 36.6 Å². The van der Waals surface area contributed by atoms with E-state index >= 15 is 0 Å². The molecule has 0 aliphatic carbocycles. The standard InChI is InChI=1S/C19H23N3O6S/c23-18(20-8-9-21-19(24)17-7-3-11-28-17)14-4-1-6-16(12-14)29(25,26)22-13-15-5-2-10-27-15/h1,3-4,6-7,11-12,15,22H,2,5,8-10,13H2,(H,20,23)(H,21,24). The lowest BCUT2D eigenvalue weighted by atomic mass is 10.2. The lowest BCUT2D eigenvalue weighted by molar-refractivity contribution is 0.0910. The maximum absolute atomic E-state index is 12.5. The number of sulfonamides is 1. The van der Waals surface area contributed by atoms with Crippen molar-refractivity contribution in [1.82, 2.24) is 15.4 Å². The van der Waals surface area contributed by atoms with Crippen LogP contribution in [0.3, 0.4) is 0 Å². The minimum Gasteiger partial charge on any atom is -0.459 e. The molecule has 1 aromatic heterocycles. The van der Waals surface area contributed by atoms with E-state index in [0.717, 1.165) is 12.8 Å². The molecule has 1 aliphatic heterocycles. The predicted molar refractivity (Wildman–Crippen MR) is 104 cm³/mol. The van der Waals surface area contributed by atoms with Crippen molar-refractivity contribution in [3.8, 4) is 0 Å². The number of hydrogen-bond donors (Lipinski definition) is 3. The highest BCUT2D eigenvalue weighted by Gasteiger charge is 2.21. The van der Waals surface area contributed by atoms with Crippen molar-refractivity contribution in [3.05, 3.63) is 54.0 Å². The van der Waals surface area contributed by atoms with Crippen LogP contribution in [0, 0.1) is 0 Å². The van der Waals surface area contributed by atoms with Crippen LogP contribution < -0.4 is 15.4 Å². The molecule has 1 saturated heterocycles. The molecule has 9 nitrogen and oxygen atoms in total. The zero-order valence-electron chi connectivity index (χ0n) is 15.7. The van der Waals surface area contributed by atoms with Crippen LogP contribution in [0.2, 0.25) is 0 Å². The highest BCUT2D eigenvalue weighted by molar-refractivity contribution is 7.89. The largest absolute Gasteiger partial charge is 0.459 e. The van der Waals surface area contributed by atoms with E-state index in [0.29, 0.717) is 6.61 Å². The Hall–Kier alpha value is -2.69. The fraction of sp³-hybridized carbons (Fsp3) is 0.368. The predicted octanol–water partition coefficient (Wildman–Crippen LogP) is 0.897. The third-order valence-electron chi connectivity index (χ3n) is 4.37. The average Bonchev–Trinajstić information content (AvgIpc) is 3.43. The van der Waals surface area contributed by atoms with Gasteiger partial charge in [-0.2, -0.15) is 0 Å². The van der Waals surface area contributed by atoms with E-state index in [9.17, 15) is 18.0 Å². The summed E-state index contributed by atoms with van der Waals surface area (Å²) in [5.74, 6) is -0.632. The van der Waals surface area contributed by atoms with E-state index in [2.05, 4.69) is 15.4 Å². The molecule has 3 rings (SSSR count). The van der Waals surface area contributed by atoms with Crippen LogP contribution in [0.1, 0.15) is 33.8 Å². The minimum atomic E-state index is -3.74. The fourth-order valence-corrected chi connectivity index (χ4v) is 3.96. The number of hydrogen-bond acceptors (Lipinski definition) is 6. The average molecular weight is 421 g/mol. The second kappa shape index (κ2) is 9.68. The first kappa shape index (κ1) is 21.0. The molecule has 0 spiro atoms. The Labute approximate surface area is 168 Å². The van der Waals surface area contributed by atoms with Crippen molar-refractivity contribution < 1.29 is 27.2 Å². The summed E-state index contributed by atoms with van der Waals surface area (Å²) in [6.07, 6.45) is 3.02. The molecule has 2 heterocycles. The Morgan fingerprint density at radius 2 is 1.86 bits per heavy atom. The molecule has 1 aromatic carbocycles. The SMILES string of the molecule is O=C(NCCNC(=O)c1ccco1)c1cccc(S(=O)(=O)NCC2CCCO2)c1.